The molecule has 1 aliphatic heterocycles. The van der Waals surface area contributed by atoms with E-state index in [9.17, 15) is 0 Å². The molecule has 0 radical (unpaired) electrons. The Labute approximate surface area is 116 Å². The molecule has 1 aromatic rings. The molecule has 2 unspecified atom stereocenters. The van der Waals surface area contributed by atoms with Gasteiger partial charge in [-0.15, -0.1) is 0 Å². The fraction of sp³-hybridized carbons (Fsp3) is 0.529. The van der Waals surface area contributed by atoms with Gasteiger partial charge in [-0.2, -0.15) is 0 Å². The van der Waals surface area contributed by atoms with Gasteiger partial charge in [0.15, 0.2) is 0 Å². The number of nitrogens with zero attached hydrogens (tertiary/aromatic N) is 1. The van der Waals surface area contributed by atoms with Crippen molar-refractivity contribution in [3.8, 4) is 11.8 Å². The Morgan fingerprint density at radius 1 is 1.32 bits per heavy atom. The smallest absolute Gasteiger partial charge is 0.104 e. The van der Waals surface area contributed by atoms with Crippen molar-refractivity contribution in [1.82, 2.24) is 4.90 Å². The van der Waals surface area contributed by atoms with Gasteiger partial charge in [-0.1, -0.05) is 37.0 Å². The Morgan fingerprint density at radius 2 is 2.11 bits per heavy atom. The number of aliphatic hydroxyl groups excluding tert-OH is 1. The molecule has 0 aliphatic carbocycles. The number of hydrogen-bond acceptors (Lipinski definition) is 2. The third-order valence-corrected chi connectivity index (χ3v) is 4.10. The molecule has 0 saturated carbocycles. The van der Waals surface area contributed by atoms with Crippen molar-refractivity contribution in [3.63, 3.8) is 0 Å². The van der Waals surface area contributed by atoms with Gasteiger partial charge in [0, 0.05) is 24.2 Å². The van der Waals surface area contributed by atoms with Gasteiger partial charge in [0.1, 0.15) is 6.61 Å². The minimum absolute atomic E-state index is 0.0773. The van der Waals surface area contributed by atoms with Crippen molar-refractivity contribution in [2.45, 2.75) is 51.7 Å². The minimum Gasteiger partial charge on any atom is -0.384 e. The van der Waals surface area contributed by atoms with E-state index in [0.717, 1.165) is 12.1 Å². The van der Waals surface area contributed by atoms with Gasteiger partial charge in [-0.05, 0) is 37.8 Å². The Balaban J connectivity index is 2.18. The maximum absolute atomic E-state index is 8.84. The third kappa shape index (κ3) is 3.37. The second-order valence-electron chi connectivity index (χ2n) is 5.28. The predicted molar refractivity (Wildman–Crippen MR) is 78.7 cm³/mol. The summed E-state index contributed by atoms with van der Waals surface area (Å²) in [5, 5.41) is 8.84. The van der Waals surface area contributed by atoms with Crippen molar-refractivity contribution in [2.75, 3.05) is 6.61 Å². The summed E-state index contributed by atoms with van der Waals surface area (Å²) < 4.78 is 0. The summed E-state index contributed by atoms with van der Waals surface area (Å²) in [5.41, 5.74) is 2.32. The molecule has 2 heteroatoms. The van der Waals surface area contributed by atoms with Crippen molar-refractivity contribution in [1.29, 1.82) is 0 Å². The zero-order valence-corrected chi connectivity index (χ0v) is 11.9. The molecule has 19 heavy (non-hydrogen) atoms. The standard InChI is InChI=1S/C17H23NO/c1-3-17-11-10-14(2)18(17)13-16-8-5-4-7-15(16)9-6-12-19/h4-5,7-8,14,17,19H,3,10-13H2,1-2H3. The Hall–Kier alpha value is -1.30. The molecule has 0 bridgehead atoms. The Bertz CT molecular complexity index is 472. The van der Waals surface area contributed by atoms with E-state index < -0.39 is 0 Å². The summed E-state index contributed by atoms with van der Waals surface area (Å²) in [6.07, 6.45) is 3.82. The molecule has 0 aromatic heterocycles. The lowest BCUT2D eigenvalue weighted by Crippen LogP contribution is -2.33. The first-order valence-corrected chi connectivity index (χ1v) is 7.19. The van der Waals surface area contributed by atoms with E-state index in [2.05, 4.69) is 42.7 Å². The fourth-order valence-corrected chi connectivity index (χ4v) is 2.96. The van der Waals surface area contributed by atoms with Crippen LogP contribution < -0.4 is 0 Å². The molecule has 2 rings (SSSR count). The summed E-state index contributed by atoms with van der Waals surface area (Å²) in [5.74, 6) is 5.81. The maximum atomic E-state index is 8.84. The average Bonchev–Trinajstić information content (AvgIpc) is 2.79. The van der Waals surface area contributed by atoms with Gasteiger partial charge in [0.05, 0.1) is 0 Å². The summed E-state index contributed by atoms with van der Waals surface area (Å²) in [6, 6.07) is 9.63. The van der Waals surface area contributed by atoms with Gasteiger partial charge in [0.25, 0.3) is 0 Å². The maximum Gasteiger partial charge on any atom is 0.104 e. The van der Waals surface area contributed by atoms with Crippen LogP contribution in [0.1, 0.15) is 44.2 Å². The van der Waals surface area contributed by atoms with Crippen LogP contribution in [0, 0.1) is 11.8 Å². The number of hydrogen-bond donors (Lipinski definition) is 1. The Kier molecular flexibility index (Phi) is 5.01. The van der Waals surface area contributed by atoms with Crippen molar-refractivity contribution in [3.05, 3.63) is 35.4 Å². The number of benzene rings is 1. The second kappa shape index (κ2) is 6.75. The first-order chi connectivity index (χ1) is 9.26. The zero-order chi connectivity index (χ0) is 13.7. The van der Waals surface area contributed by atoms with Crippen LogP contribution in [0.4, 0.5) is 0 Å². The summed E-state index contributed by atoms with van der Waals surface area (Å²) >= 11 is 0. The van der Waals surface area contributed by atoms with E-state index in [1.807, 2.05) is 12.1 Å². The molecule has 0 spiro atoms. The highest BCUT2D eigenvalue weighted by Crippen LogP contribution is 2.28. The molecule has 1 N–H and O–H groups in total. The molecule has 1 saturated heterocycles. The molecule has 1 aliphatic rings. The normalized spacial score (nSPS) is 23.1. The lowest BCUT2D eigenvalue weighted by Gasteiger charge is -2.28. The van der Waals surface area contributed by atoms with E-state index in [-0.39, 0.29) is 6.61 Å². The lowest BCUT2D eigenvalue weighted by molar-refractivity contribution is 0.189. The fourth-order valence-electron chi connectivity index (χ4n) is 2.96. The monoisotopic (exact) mass is 257 g/mol. The number of rotatable bonds is 3. The molecule has 1 heterocycles. The van der Waals surface area contributed by atoms with Crippen LogP contribution in [0.15, 0.2) is 24.3 Å². The summed E-state index contributed by atoms with van der Waals surface area (Å²) in [4.78, 5) is 2.60. The van der Waals surface area contributed by atoms with Crippen LogP contribution in [0.5, 0.6) is 0 Å². The van der Waals surface area contributed by atoms with Gasteiger partial charge in [-0.3, -0.25) is 4.90 Å². The van der Waals surface area contributed by atoms with E-state index in [0.29, 0.717) is 12.1 Å². The van der Waals surface area contributed by atoms with Crippen LogP contribution in [-0.4, -0.2) is 28.7 Å². The SMILES string of the molecule is CCC1CCC(C)N1Cc1ccccc1C#CCO. The molecule has 0 amide bonds. The van der Waals surface area contributed by atoms with Crippen LogP contribution in [0.2, 0.25) is 0 Å². The molecule has 2 atom stereocenters. The van der Waals surface area contributed by atoms with E-state index >= 15 is 0 Å². The van der Waals surface area contributed by atoms with Gasteiger partial charge >= 0.3 is 0 Å². The minimum atomic E-state index is -0.0773. The van der Waals surface area contributed by atoms with Crippen molar-refractivity contribution < 1.29 is 5.11 Å². The Morgan fingerprint density at radius 3 is 2.84 bits per heavy atom. The molecule has 102 valence electrons. The number of aliphatic hydroxyl groups is 1. The highest BCUT2D eigenvalue weighted by molar-refractivity contribution is 5.41. The highest BCUT2D eigenvalue weighted by atomic mass is 16.2. The summed E-state index contributed by atoms with van der Waals surface area (Å²) in [6.45, 7) is 5.48. The van der Waals surface area contributed by atoms with Crippen LogP contribution in [-0.2, 0) is 6.54 Å². The first-order valence-electron chi connectivity index (χ1n) is 7.19. The molecule has 1 fully saturated rings. The first kappa shape index (κ1) is 14.1. The molecular formula is C17H23NO. The van der Waals surface area contributed by atoms with Crippen molar-refractivity contribution in [2.24, 2.45) is 0 Å². The van der Waals surface area contributed by atoms with Gasteiger partial charge in [0.2, 0.25) is 0 Å². The average molecular weight is 257 g/mol. The van der Waals surface area contributed by atoms with Crippen LogP contribution >= 0.6 is 0 Å². The van der Waals surface area contributed by atoms with E-state index in [1.54, 1.807) is 0 Å². The second-order valence-corrected chi connectivity index (χ2v) is 5.28. The molecular weight excluding hydrogens is 234 g/mol. The summed E-state index contributed by atoms with van der Waals surface area (Å²) in [7, 11) is 0. The zero-order valence-electron chi connectivity index (χ0n) is 11.9. The quantitative estimate of drug-likeness (QED) is 0.842. The largest absolute Gasteiger partial charge is 0.384 e. The van der Waals surface area contributed by atoms with Crippen molar-refractivity contribution >= 4 is 0 Å². The predicted octanol–water partition coefficient (Wildman–Crippen LogP) is 2.79. The lowest BCUT2D eigenvalue weighted by atomic mass is 10.1. The van der Waals surface area contributed by atoms with Gasteiger partial charge in [-0.25, -0.2) is 0 Å². The molecule has 2 nitrogen and oxygen atoms in total. The number of likely N-dealkylation sites (tertiary alicyclic amines) is 1. The third-order valence-electron chi connectivity index (χ3n) is 4.10. The van der Waals surface area contributed by atoms with Gasteiger partial charge < -0.3 is 5.11 Å². The highest BCUT2D eigenvalue weighted by Gasteiger charge is 2.29. The van der Waals surface area contributed by atoms with E-state index in [1.165, 1.54) is 24.8 Å². The topological polar surface area (TPSA) is 23.5 Å². The van der Waals surface area contributed by atoms with E-state index in [4.69, 9.17) is 5.11 Å². The van der Waals surface area contributed by atoms with Crippen LogP contribution in [0.3, 0.4) is 0 Å². The van der Waals surface area contributed by atoms with Crippen LogP contribution in [0.25, 0.3) is 0 Å². The molecule has 1 aromatic carbocycles.